The molecule has 1 atom stereocenters. The van der Waals surface area contributed by atoms with E-state index in [2.05, 4.69) is 21.2 Å². The molecular formula is C13H15BrClNO2. The molecule has 2 rings (SSSR count). The van der Waals surface area contributed by atoms with Crippen molar-refractivity contribution in [3.8, 4) is 0 Å². The zero-order valence-corrected chi connectivity index (χ0v) is 12.5. The summed E-state index contributed by atoms with van der Waals surface area (Å²) in [6, 6.07) is 5.18. The molecule has 0 bridgehead atoms. The van der Waals surface area contributed by atoms with Crippen LogP contribution in [-0.4, -0.2) is 24.7 Å². The number of benzene rings is 1. The Morgan fingerprint density at radius 2 is 2.33 bits per heavy atom. The molecule has 1 fully saturated rings. The van der Waals surface area contributed by atoms with Crippen molar-refractivity contribution in [1.82, 2.24) is 5.32 Å². The van der Waals surface area contributed by atoms with E-state index in [0.717, 1.165) is 23.9 Å². The van der Waals surface area contributed by atoms with Crippen molar-refractivity contribution < 1.29 is 9.53 Å². The minimum Gasteiger partial charge on any atom is -0.379 e. The van der Waals surface area contributed by atoms with Crippen molar-refractivity contribution in [2.75, 3.05) is 13.2 Å². The molecule has 1 N–H and O–H groups in total. The number of carbonyl (C=O) groups excluding carboxylic acids is 1. The first kappa shape index (κ1) is 13.8. The van der Waals surface area contributed by atoms with Crippen LogP contribution < -0.4 is 5.32 Å². The average molecular weight is 333 g/mol. The fourth-order valence-electron chi connectivity index (χ4n) is 2.05. The summed E-state index contributed by atoms with van der Waals surface area (Å²) in [6.07, 6.45) is 1.89. The second kappa shape index (κ2) is 5.59. The summed E-state index contributed by atoms with van der Waals surface area (Å²) in [5.74, 6) is -0.127. The van der Waals surface area contributed by atoms with Gasteiger partial charge < -0.3 is 10.1 Å². The minimum absolute atomic E-state index is 0.127. The van der Waals surface area contributed by atoms with E-state index in [9.17, 15) is 4.79 Å². The van der Waals surface area contributed by atoms with E-state index in [1.807, 2.05) is 6.92 Å². The van der Waals surface area contributed by atoms with E-state index in [0.29, 0.717) is 17.2 Å². The van der Waals surface area contributed by atoms with E-state index >= 15 is 0 Å². The third kappa shape index (κ3) is 3.25. The molecule has 1 aliphatic heterocycles. The second-order valence-corrected chi connectivity index (χ2v) is 6.09. The van der Waals surface area contributed by atoms with Crippen LogP contribution in [-0.2, 0) is 4.74 Å². The van der Waals surface area contributed by atoms with Gasteiger partial charge in [-0.1, -0.05) is 11.6 Å². The SMILES string of the molecule is C[C@]1(NC(=O)c2cc(Cl)ccc2Br)CCCOC1. The highest BCUT2D eigenvalue weighted by molar-refractivity contribution is 9.10. The van der Waals surface area contributed by atoms with E-state index in [1.165, 1.54) is 0 Å². The molecule has 1 amide bonds. The number of ether oxygens (including phenoxy) is 1. The monoisotopic (exact) mass is 331 g/mol. The summed E-state index contributed by atoms with van der Waals surface area (Å²) in [5.41, 5.74) is 0.256. The minimum atomic E-state index is -0.295. The zero-order valence-electron chi connectivity index (χ0n) is 10.1. The molecule has 0 aromatic heterocycles. The smallest absolute Gasteiger partial charge is 0.252 e. The average Bonchev–Trinajstić information content (AvgIpc) is 2.32. The van der Waals surface area contributed by atoms with Crippen molar-refractivity contribution >= 4 is 33.4 Å². The van der Waals surface area contributed by atoms with Crippen molar-refractivity contribution in [3.63, 3.8) is 0 Å². The number of halogens is 2. The van der Waals surface area contributed by atoms with Crippen LogP contribution in [0.25, 0.3) is 0 Å². The molecule has 0 spiro atoms. The molecule has 98 valence electrons. The third-order valence-electron chi connectivity index (χ3n) is 3.03. The standard InChI is InChI=1S/C13H15BrClNO2/c1-13(5-2-6-18-8-13)16-12(17)10-7-9(15)3-4-11(10)14/h3-4,7H,2,5-6,8H2,1H3,(H,16,17)/t13-/m0/s1. The van der Waals surface area contributed by atoms with Crippen LogP contribution in [0.3, 0.4) is 0 Å². The molecular weight excluding hydrogens is 318 g/mol. The molecule has 5 heteroatoms. The Kier molecular flexibility index (Phi) is 4.30. The largest absolute Gasteiger partial charge is 0.379 e. The Balaban J connectivity index is 2.14. The van der Waals surface area contributed by atoms with E-state index < -0.39 is 0 Å². The summed E-state index contributed by atoms with van der Waals surface area (Å²) in [5, 5.41) is 3.58. The van der Waals surface area contributed by atoms with Gasteiger partial charge in [0.05, 0.1) is 17.7 Å². The van der Waals surface area contributed by atoms with Crippen LogP contribution in [0.2, 0.25) is 5.02 Å². The Morgan fingerprint density at radius 3 is 3.00 bits per heavy atom. The van der Waals surface area contributed by atoms with Crippen LogP contribution in [0.15, 0.2) is 22.7 Å². The lowest BCUT2D eigenvalue weighted by Crippen LogP contribution is -2.51. The Hall–Kier alpha value is -0.580. The lowest BCUT2D eigenvalue weighted by atomic mass is 9.94. The zero-order chi connectivity index (χ0) is 13.2. The first-order valence-corrected chi connectivity index (χ1v) is 7.03. The second-order valence-electron chi connectivity index (χ2n) is 4.80. The summed E-state index contributed by atoms with van der Waals surface area (Å²) in [4.78, 5) is 12.2. The van der Waals surface area contributed by atoms with Crippen molar-refractivity contribution in [2.45, 2.75) is 25.3 Å². The molecule has 1 saturated heterocycles. The van der Waals surface area contributed by atoms with E-state index in [1.54, 1.807) is 18.2 Å². The van der Waals surface area contributed by atoms with Gasteiger partial charge in [0.2, 0.25) is 0 Å². The molecule has 1 aromatic carbocycles. The summed E-state index contributed by atoms with van der Waals surface area (Å²) in [6.45, 7) is 3.33. The normalized spacial score (nSPS) is 23.7. The fraction of sp³-hybridized carbons (Fsp3) is 0.462. The molecule has 0 radical (unpaired) electrons. The third-order valence-corrected chi connectivity index (χ3v) is 3.95. The summed E-state index contributed by atoms with van der Waals surface area (Å²) < 4.78 is 6.16. The molecule has 1 aromatic rings. The maximum atomic E-state index is 12.2. The number of nitrogens with one attached hydrogen (secondary N) is 1. The topological polar surface area (TPSA) is 38.3 Å². The van der Waals surface area contributed by atoms with Crippen LogP contribution in [0, 0.1) is 0 Å². The Morgan fingerprint density at radius 1 is 1.56 bits per heavy atom. The van der Waals surface area contributed by atoms with Gasteiger partial charge in [0.15, 0.2) is 0 Å². The maximum Gasteiger partial charge on any atom is 0.252 e. The molecule has 3 nitrogen and oxygen atoms in total. The van der Waals surface area contributed by atoms with Gasteiger partial charge in [-0.15, -0.1) is 0 Å². The predicted octanol–water partition coefficient (Wildman–Crippen LogP) is 3.40. The number of hydrogen-bond acceptors (Lipinski definition) is 2. The number of hydrogen-bond donors (Lipinski definition) is 1. The molecule has 18 heavy (non-hydrogen) atoms. The van der Waals surface area contributed by atoms with Crippen LogP contribution in [0.5, 0.6) is 0 Å². The lowest BCUT2D eigenvalue weighted by molar-refractivity contribution is 0.0272. The van der Waals surface area contributed by atoms with Gasteiger partial charge in [-0.05, 0) is 53.9 Å². The number of amides is 1. The van der Waals surface area contributed by atoms with Gasteiger partial charge in [-0.3, -0.25) is 4.79 Å². The number of carbonyl (C=O) groups is 1. The maximum absolute atomic E-state index is 12.2. The fourth-order valence-corrected chi connectivity index (χ4v) is 2.64. The Bertz CT molecular complexity index is 458. The van der Waals surface area contributed by atoms with Crippen LogP contribution in [0.1, 0.15) is 30.1 Å². The van der Waals surface area contributed by atoms with E-state index in [4.69, 9.17) is 16.3 Å². The van der Waals surface area contributed by atoms with E-state index in [-0.39, 0.29) is 11.4 Å². The van der Waals surface area contributed by atoms with Gasteiger partial charge in [-0.2, -0.15) is 0 Å². The van der Waals surface area contributed by atoms with Crippen LogP contribution in [0.4, 0.5) is 0 Å². The molecule has 1 aliphatic rings. The lowest BCUT2D eigenvalue weighted by Gasteiger charge is -2.34. The Labute approximate surface area is 120 Å². The molecule has 0 unspecified atom stereocenters. The predicted molar refractivity (Wildman–Crippen MR) is 75.1 cm³/mol. The van der Waals surface area contributed by atoms with Gasteiger partial charge in [0.1, 0.15) is 0 Å². The highest BCUT2D eigenvalue weighted by Crippen LogP contribution is 2.23. The van der Waals surface area contributed by atoms with Gasteiger partial charge in [0.25, 0.3) is 5.91 Å². The van der Waals surface area contributed by atoms with Gasteiger partial charge >= 0.3 is 0 Å². The summed E-state index contributed by atoms with van der Waals surface area (Å²) >= 11 is 9.28. The quantitative estimate of drug-likeness (QED) is 0.901. The number of rotatable bonds is 2. The van der Waals surface area contributed by atoms with Gasteiger partial charge in [-0.25, -0.2) is 0 Å². The first-order valence-electron chi connectivity index (χ1n) is 5.85. The first-order chi connectivity index (χ1) is 8.50. The van der Waals surface area contributed by atoms with Gasteiger partial charge in [0, 0.05) is 16.1 Å². The summed E-state index contributed by atoms with van der Waals surface area (Å²) in [7, 11) is 0. The molecule has 0 saturated carbocycles. The molecule has 0 aliphatic carbocycles. The van der Waals surface area contributed by atoms with Crippen LogP contribution >= 0.6 is 27.5 Å². The highest BCUT2D eigenvalue weighted by Gasteiger charge is 2.30. The molecule has 1 heterocycles. The van der Waals surface area contributed by atoms with Crippen molar-refractivity contribution in [3.05, 3.63) is 33.3 Å². The van der Waals surface area contributed by atoms with Crippen molar-refractivity contribution in [1.29, 1.82) is 0 Å². The van der Waals surface area contributed by atoms with Crippen molar-refractivity contribution in [2.24, 2.45) is 0 Å². The highest BCUT2D eigenvalue weighted by atomic mass is 79.9.